The molecule has 0 aromatic heterocycles. The van der Waals surface area contributed by atoms with Crippen molar-refractivity contribution in [1.29, 1.82) is 0 Å². The number of hydrogen-bond donors (Lipinski definition) is 0. The first-order valence-corrected chi connectivity index (χ1v) is 15.0. The molecule has 11 heteroatoms. The molecule has 0 saturated heterocycles. The van der Waals surface area contributed by atoms with Crippen LogP contribution in [0.5, 0.6) is 23.0 Å². The van der Waals surface area contributed by atoms with Gasteiger partial charge in [0.05, 0.1) is 24.3 Å². The van der Waals surface area contributed by atoms with Gasteiger partial charge in [-0.1, -0.05) is 39.3 Å². The fourth-order valence-electron chi connectivity index (χ4n) is 3.69. The van der Waals surface area contributed by atoms with Gasteiger partial charge in [-0.15, -0.1) is 0 Å². The number of unbranched alkanes of at least 4 members (excludes halogenated alkanes) is 2. The van der Waals surface area contributed by atoms with Crippen LogP contribution in [0.15, 0.2) is 79.4 Å². The molecular formula is C35H38O11. The van der Waals surface area contributed by atoms with Crippen molar-refractivity contribution >= 4 is 24.1 Å². The molecule has 0 saturated carbocycles. The molecule has 0 radical (unpaired) electrons. The van der Waals surface area contributed by atoms with E-state index in [4.69, 9.17) is 33.2 Å². The van der Waals surface area contributed by atoms with E-state index in [1.54, 1.807) is 48.5 Å². The molecule has 3 rings (SSSR count). The Labute approximate surface area is 268 Å². The lowest BCUT2D eigenvalue weighted by molar-refractivity contribution is 0.0254. The van der Waals surface area contributed by atoms with Crippen LogP contribution in [0.2, 0.25) is 0 Å². The first kappa shape index (κ1) is 35.2. The number of ether oxygens (including phenoxy) is 7. The van der Waals surface area contributed by atoms with E-state index in [-0.39, 0.29) is 48.0 Å². The van der Waals surface area contributed by atoms with Gasteiger partial charge >= 0.3 is 24.1 Å². The van der Waals surface area contributed by atoms with E-state index in [0.29, 0.717) is 24.7 Å². The van der Waals surface area contributed by atoms with Gasteiger partial charge in [-0.2, -0.15) is 0 Å². The number of hydrogen-bond acceptors (Lipinski definition) is 11. The molecule has 244 valence electrons. The van der Waals surface area contributed by atoms with Crippen molar-refractivity contribution < 1.29 is 52.3 Å². The monoisotopic (exact) mass is 634 g/mol. The van der Waals surface area contributed by atoms with Crippen molar-refractivity contribution in [3.05, 3.63) is 96.1 Å². The van der Waals surface area contributed by atoms with Gasteiger partial charge in [-0.05, 0) is 79.6 Å². The van der Waals surface area contributed by atoms with Crippen molar-refractivity contribution in [2.24, 2.45) is 0 Å². The fraction of sp³-hybridized carbons (Fsp3) is 0.314. The normalized spacial score (nSPS) is 10.3. The lowest BCUT2D eigenvalue weighted by Gasteiger charge is -2.13. The Hall–Kier alpha value is -5.32. The molecule has 11 nitrogen and oxygen atoms in total. The fourth-order valence-corrected chi connectivity index (χ4v) is 3.69. The molecule has 0 unspecified atom stereocenters. The van der Waals surface area contributed by atoms with Crippen LogP contribution in [0.1, 0.15) is 70.6 Å². The van der Waals surface area contributed by atoms with E-state index in [1.165, 1.54) is 24.3 Å². The van der Waals surface area contributed by atoms with Gasteiger partial charge < -0.3 is 33.2 Å². The molecule has 0 amide bonds. The Morgan fingerprint density at radius 3 is 1.67 bits per heavy atom. The molecule has 0 aliphatic rings. The molecule has 3 aromatic carbocycles. The van der Waals surface area contributed by atoms with Crippen molar-refractivity contribution in [2.75, 3.05) is 33.0 Å². The van der Waals surface area contributed by atoms with Gasteiger partial charge in [0.15, 0.2) is 0 Å². The largest absolute Gasteiger partial charge is 0.508 e. The molecule has 46 heavy (non-hydrogen) atoms. The van der Waals surface area contributed by atoms with E-state index < -0.39 is 24.1 Å². The van der Waals surface area contributed by atoms with Gasteiger partial charge in [-0.3, -0.25) is 0 Å². The smallest absolute Gasteiger partial charge is 0.494 e. The summed E-state index contributed by atoms with van der Waals surface area (Å²) in [5.74, 6) is -1.26. The molecule has 0 heterocycles. The zero-order chi connectivity index (χ0) is 33.1. The Kier molecular flexibility index (Phi) is 14.6. The predicted molar refractivity (Wildman–Crippen MR) is 168 cm³/mol. The second kappa shape index (κ2) is 19.1. The number of benzene rings is 3. The van der Waals surface area contributed by atoms with Crippen molar-refractivity contribution in [2.45, 2.75) is 39.5 Å². The summed E-state index contributed by atoms with van der Waals surface area (Å²) in [5, 5.41) is 0. The summed E-state index contributed by atoms with van der Waals surface area (Å²) in [6, 6.07) is 16.7. The molecular weight excluding hydrogens is 596 g/mol. The van der Waals surface area contributed by atoms with Crippen LogP contribution >= 0.6 is 0 Å². The lowest BCUT2D eigenvalue weighted by Crippen LogP contribution is -2.17. The predicted octanol–water partition coefficient (Wildman–Crippen LogP) is 6.98. The molecule has 0 atom stereocenters. The Balaban J connectivity index is 1.73. The summed E-state index contributed by atoms with van der Waals surface area (Å²) in [7, 11) is 0. The Morgan fingerprint density at radius 1 is 0.609 bits per heavy atom. The summed E-state index contributed by atoms with van der Waals surface area (Å²) in [4.78, 5) is 50.3. The zero-order valence-electron chi connectivity index (χ0n) is 26.0. The van der Waals surface area contributed by atoms with E-state index in [9.17, 15) is 19.2 Å². The molecule has 3 aromatic rings. The van der Waals surface area contributed by atoms with Gasteiger partial charge in [0, 0.05) is 0 Å². The van der Waals surface area contributed by atoms with Crippen molar-refractivity contribution in [3.8, 4) is 23.0 Å². The van der Waals surface area contributed by atoms with Crippen LogP contribution in [0.3, 0.4) is 0 Å². The van der Waals surface area contributed by atoms with Crippen LogP contribution in [0, 0.1) is 0 Å². The van der Waals surface area contributed by atoms with E-state index >= 15 is 0 Å². The number of esters is 3. The minimum atomic E-state index is -0.957. The average Bonchev–Trinajstić information content (AvgIpc) is 3.07. The minimum Gasteiger partial charge on any atom is -0.494 e. The maximum atomic E-state index is 13.1. The van der Waals surface area contributed by atoms with E-state index in [1.807, 2.05) is 0 Å². The molecule has 0 spiro atoms. The average molecular weight is 635 g/mol. The summed E-state index contributed by atoms with van der Waals surface area (Å²) >= 11 is 0. The van der Waals surface area contributed by atoms with Crippen LogP contribution in [0.25, 0.3) is 0 Å². The maximum absolute atomic E-state index is 13.1. The molecule has 0 bridgehead atoms. The molecule has 0 aliphatic heterocycles. The molecule has 0 fully saturated rings. The van der Waals surface area contributed by atoms with Gasteiger partial charge in [0.1, 0.15) is 48.4 Å². The SMILES string of the molecule is C=CCOC(=O)OCCOC(=O)c1cc(OC(=O)c2ccc(OCCCC)cc2)ccc1OC(=O)c1ccc(OCCCC)cc1. The second-order valence-electron chi connectivity index (χ2n) is 9.72. The molecule has 0 aliphatic carbocycles. The minimum absolute atomic E-state index is 0.00199. The third kappa shape index (κ3) is 11.6. The highest BCUT2D eigenvalue weighted by Crippen LogP contribution is 2.27. The lowest BCUT2D eigenvalue weighted by atomic mass is 10.1. The summed E-state index contributed by atoms with van der Waals surface area (Å²) in [6.45, 7) is 8.02. The molecule has 0 N–H and O–H groups in total. The van der Waals surface area contributed by atoms with Crippen LogP contribution < -0.4 is 18.9 Å². The summed E-state index contributed by atoms with van der Waals surface area (Å²) in [5.41, 5.74) is 0.267. The van der Waals surface area contributed by atoms with Crippen molar-refractivity contribution in [3.63, 3.8) is 0 Å². The highest BCUT2D eigenvalue weighted by atomic mass is 16.7. The summed E-state index contributed by atoms with van der Waals surface area (Å²) < 4.78 is 37.0. The topological polar surface area (TPSA) is 133 Å². The number of carbonyl (C=O) groups excluding carboxylic acids is 4. The summed E-state index contributed by atoms with van der Waals surface area (Å²) in [6.07, 6.45) is 4.22. The quantitative estimate of drug-likeness (QED) is 0.0621. The van der Waals surface area contributed by atoms with Gasteiger partial charge in [0.25, 0.3) is 0 Å². The van der Waals surface area contributed by atoms with E-state index in [2.05, 4.69) is 20.4 Å². The van der Waals surface area contributed by atoms with Crippen LogP contribution in [-0.4, -0.2) is 57.1 Å². The number of carbonyl (C=O) groups is 4. The van der Waals surface area contributed by atoms with Crippen molar-refractivity contribution in [1.82, 2.24) is 0 Å². The van der Waals surface area contributed by atoms with Crippen LogP contribution in [0.4, 0.5) is 4.79 Å². The second-order valence-corrected chi connectivity index (χ2v) is 9.72. The number of rotatable bonds is 18. The third-order valence-electron chi connectivity index (χ3n) is 6.15. The Bertz CT molecular complexity index is 1450. The van der Waals surface area contributed by atoms with E-state index in [0.717, 1.165) is 25.7 Å². The first-order chi connectivity index (χ1) is 22.3. The third-order valence-corrected chi connectivity index (χ3v) is 6.15. The standard InChI is InChI=1S/C35H38O11/c1-4-7-20-40-27-13-9-25(10-14-27)32(36)45-29-17-18-31(30(24-29)34(38)42-22-23-44-35(39)43-19-6-3)46-33(37)26-11-15-28(16-12-26)41-21-8-5-2/h6,9-18,24H,3-5,7-8,19-23H2,1-2H3. The van der Waals surface area contributed by atoms with Gasteiger partial charge in [-0.25, -0.2) is 19.2 Å². The zero-order valence-corrected chi connectivity index (χ0v) is 26.0. The van der Waals surface area contributed by atoms with Gasteiger partial charge in [0.2, 0.25) is 0 Å². The van der Waals surface area contributed by atoms with Crippen LogP contribution in [-0.2, 0) is 14.2 Å². The highest BCUT2D eigenvalue weighted by Gasteiger charge is 2.21. The maximum Gasteiger partial charge on any atom is 0.508 e. The Morgan fingerprint density at radius 2 is 1.13 bits per heavy atom. The highest BCUT2D eigenvalue weighted by molar-refractivity contribution is 5.97. The first-order valence-electron chi connectivity index (χ1n) is 15.0.